The zero-order valence-corrected chi connectivity index (χ0v) is 9.62. The Bertz CT molecular complexity index is 429. The molecule has 0 aliphatic heterocycles. The minimum atomic E-state index is -4.96. The van der Waals surface area contributed by atoms with E-state index in [-0.39, 0.29) is 6.42 Å². The van der Waals surface area contributed by atoms with Crippen molar-refractivity contribution >= 4 is 11.7 Å². The smallest absolute Gasteiger partial charge is 0.346 e. The number of rotatable bonds is 4. The maximum atomic E-state index is 12.4. The van der Waals surface area contributed by atoms with Crippen molar-refractivity contribution in [3.8, 4) is 0 Å². The lowest BCUT2D eigenvalue weighted by molar-refractivity contribution is -0.173. The summed E-state index contributed by atoms with van der Waals surface area (Å²) >= 11 is 0. The van der Waals surface area contributed by atoms with E-state index in [0.717, 1.165) is 6.92 Å². The molecule has 0 aromatic heterocycles. The van der Waals surface area contributed by atoms with Gasteiger partial charge in [0.1, 0.15) is 6.04 Å². The fourth-order valence-corrected chi connectivity index (χ4v) is 1.50. The molecule has 0 saturated carbocycles. The first-order valence-corrected chi connectivity index (χ1v) is 5.23. The molecule has 0 bridgehead atoms. The number of amides is 1. The molecule has 1 rings (SSSR count). The predicted molar refractivity (Wildman–Crippen MR) is 58.8 cm³/mol. The number of benzene rings is 1. The van der Waals surface area contributed by atoms with E-state index in [9.17, 15) is 22.8 Å². The van der Waals surface area contributed by atoms with Gasteiger partial charge in [-0.15, -0.1) is 0 Å². The van der Waals surface area contributed by atoms with Gasteiger partial charge in [-0.25, -0.2) is 0 Å². The number of nitrogens with one attached hydrogen (secondary N) is 1. The Morgan fingerprint density at radius 1 is 1.22 bits per heavy atom. The molecule has 0 aliphatic rings. The molecular weight excluding hydrogens is 247 g/mol. The molecule has 1 aromatic rings. The molecule has 98 valence electrons. The SMILES string of the molecule is CC(=O)NC(Cc1ccccc1)C(=O)C(F)(F)F. The third-order valence-corrected chi connectivity index (χ3v) is 2.26. The molecule has 3 nitrogen and oxygen atoms in total. The molecule has 0 spiro atoms. The summed E-state index contributed by atoms with van der Waals surface area (Å²) in [6, 6.07) is 6.63. The van der Waals surface area contributed by atoms with E-state index in [4.69, 9.17) is 0 Å². The first-order valence-electron chi connectivity index (χ1n) is 5.23. The topological polar surface area (TPSA) is 46.2 Å². The standard InChI is InChI=1S/C12H12F3NO2/c1-8(17)16-10(11(18)12(13,14)15)7-9-5-3-2-4-6-9/h2-6,10H,7H2,1H3,(H,16,17). The van der Waals surface area contributed by atoms with Crippen molar-refractivity contribution in [3.05, 3.63) is 35.9 Å². The number of carbonyl (C=O) groups excluding carboxylic acids is 2. The average molecular weight is 259 g/mol. The molecule has 1 unspecified atom stereocenters. The zero-order valence-electron chi connectivity index (χ0n) is 9.62. The molecular formula is C12H12F3NO2. The molecule has 1 N–H and O–H groups in total. The van der Waals surface area contributed by atoms with Crippen LogP contribution in [0.2, 0.25) is 0 Å². The first-order chi connectivity index (χ1) is 8.30. The quantitative estimate of drug-likeness (QED) is 0.897. The second-order valence-corrected chi connectivity index (χ2v) is 3.80. The average Bonchev–Trinajstić information content (AvgIpc) is 2.26. The molecule has 0 heterocycles. The molecule has 0 radical (unpaired) electrons. The number of carbonyl (C=O) groups is 2. The second kappa shape index (κ2) is 5.66. The van der Waals surface area contributed by atoms with Crippen molar-refractivity contribution in [2.75, 3.05) is 0 Å². The van der Waals surface area contributed by atoms with Crippen LogP contribution >= 0.6 is 0 Å². The van der Waals surface area contributed by atoms with Crippen molar-refractivity contribution < 1.29 is 22.8 Å². The molecule has 6 heteroatoms. The maximum Gasteiger partial charge on any atom is 0.452 e. The van der Waals surface area contributed by atoms with Gasteiger partial charge in [0.05, 0.1) is 0 Å². The number of halogens is 3. The van der Waals surface area contributed by atoms with E-state index in [2.05, 4.69) is 0 Å². The van der Waals surface area contributed by atoms with Gasteiger partial charge >= 0.3 is 6.18 Å². The van der Waals surface area contributed by atoms with Gasteiger partial charge in [0.2, 0.25) is 5.91 Å². The van der Waals surface area contributed by atoms with E-state index < -0.39 is 23.9 Å². The lowest BCUT2D eigenvalue weighted by Crippen LogP contribution is -2.47. The van der Waals surface area contributed by atoms with Crippen LogP contribution < -0.4 is 5.32 Å². The van der Waals surface area contributed by atoms with Crippen LogP contribution in [0.5, 0.6) is 0 Å². The lowest BCUT2D eigenvalue weighted by Gasteiger charge is -2.18. The summed E-state index contributed by atoms with van der Waals surface area (Å²) in [5.41, 5.74) is 0.550. The summed E-state index contributed by atoms with van der Waals surface area (Å²) in [6.45, 7) is 1.07. The van der Waals surface area contributed by atoms with Crippen LogP contribution in [0.1, 0.15) is 12.5 Å². The molecule has 0 aliphatic carbocycles. The number of ketones is 1. The molecule has 1 amide bonds. The molecule has 1 aromatic carbocycles. The summed E-state index contributed by atoms with van der Waals surface area (Å²) in [5, 5.41) is 2.03. The first kappa shape index (κ1) is 14.2. The van der Waals surface area contributed by atoms with E-state index in [1.54, 1.807) is 30.3 Å². The largest absolute Gasteiger partial charge is 0.452 e. The van der Waals surface area contributed by atoms with Gasteiger partial charge in [0, 0.05) is 13.3 Å². The van der Waals surface area contributed by atoms with E-state index >= 15 is 0 Å². The summed E-state index contributed by atoms with van der Waals surface area (Å²) in [7, 11) is 0. The van der Waals surface area contributed by atoms with E-state index in [1.165, 1.54) is 0 Å². The van der Waals surface area contributed by atoms with Gasteiger partial charge in [-0.05, 0) is 5.56 Å². The van der Waals surface area contributed by atoms with E-state index in [1.807, 2.05) is 5.32 Å². The Morgan fingerprint density at radius 3 is 2.22 bits per heavy atom. The summed E-state index contributed by atoms with van der Waals surface area (Å²) in [6.07, 6.45) is -5.14. The van der Waals surface area contributed by atoms with Gasteiger partial charge in [0.25, 0.3) is 5.78 Å². The highest BCUT2D eigenvalue weighted by molar-refractivity contribution is 5.92. The Balaban J connectivity index is 2.86. The zero-order chi connectivity index (χ0) is 13.8. The van der Waals surface area contributed by atoms with Crippen LogP contribution in [0.25, 0.3) is 0 Å². The molecule has 18 heavy (non-hydrogen) atoms. The molecule has 1 atom stereocenters. The summed E-state index contributed by atoms with van der Waals surface area (Å²) in [4.78, 5) is 22.0. The van der Waals surface area contributed by atoms with Gasteiger partial charge in [-0.2, -0.15) is 13.2 Å². The van der Waals surface area contributed by atoms with Crippen LogP contribution in [-0.2, 0) is 16.0 Å². The fraction of sp³-hybridized carbons (Fsp3) is 0.333. The number of hydrogen-bond donors (Lipinski definition) is 1. The summed E-state index contributed by atoms with van der Waals surface area (Å²) < 4.78 is 37.1. The lowest BCUT2D eigenvalue weighted by atomic mass is 10.0. The maximum absolute atomic E-state index is 12.4. The van der Waals surface area contributed by atoms with Gasteiger partial charge in [-0.3, -0.25) is 9.59 Å². The Labute approximate surface area is 102 Å². The van der Waals surface area contributed by atoms with Gasteiger partial charge < -0.3 is 5.32 Å². The van der Waals surface area contributed by atoms with Crippen LogP contribution in [0, 0.1) is 0 Å². The van der Waals surface area contributed by atoms with Crippen molar-refractivity contribution in [3.63, 3.8) is 0 Å². The Morgan fingerprint density at radius 2 is 1.78 bits per heavy atom. The van der Waals surface area contributed by atoms with Crippen molar-refractivity contribution in [2.24, 2.45) is 0 Å². The van der Waals surface area contributed by atoms with Gasteiger partial charge in [-0.1, -0.05) is 30.3 Å². The molecule has 0 saturated heterocycles. The highest BCUT2D eigenvalue weighted by Crippen LogP contribution is 2.19. The number of alkyl halides is 3. The Hall–Kier alpha value is -1.85. The highest BCUT2D eigenvalue weighted by Gasteiger charge is 2.43. The van der Waals surface area contributed by atoms with Crippen LogP contribution in [0.3, 0.4) is 0 Å². The molecule has 0 fully saturated rings. The van der Waals surface area contributed by atoms with E-state index in [0.29, 0.717) is 5.56 Å². The minimum absolute atomic E-state index is 0.182. The van der Waals surface area contributed by atoms with Crippen molar-refractivity contribution in [1.82, 2.24) is 5.32 Å². The van der Waals surface area contributed by atoms with Crippen molar-refractivity contribution in [1.29, 1.82) is 0 Å². The third kappa shape index (κ3) is 4.20. The monoisotopic (exact) mass is 259 g/mol. The fourth-order valence-electron chi connectivity index (χ4n) is 1.50. The second-order valence-electron chi connectivity index (χ2n) is 3.80. The Kier molecular flexibility index (Phi) is 4.47. The third-order valence-electron chi connectivity index (χ3n) is 2.26. The van der Waals surface area contributed by atoms with Gasteiger partial charge in [0.15, 0.2) is 0 Å². The predicted octanol–water partition coefficient (Wildman–Crippen LogP) is 1.87. The highest BCUT2D eigenvalue weighted by atomic mass is 19.4. The normalized spacial score (nSPS) is 12.9. The van der Waals surface area contributed by atoms with Crippen LogP contribution in [-0.4, -0.2) is 23.9 Å². The number of hydrogen-bond acceptors (Lipinski definition) is 2. The minimum Gasteiger partial charge on any atom is -0.346 e. The van der Waals surface area contributed by atoms with Crippen LogP contribution in [0.15, 0.2) is 30.3 Å². The number of Topliss-reactive ketones (excluding diaryl/α,β-unsaturated/α-hetero) is 1. The van der Waals surface area contributed by atoms with Crippen molar-refractivity contribution in [2.45, 2.75) is 25.6 Å². The van der Waals surface area contributed by atoms with Crippen LogP contribution in [0.4, 0.5) is 13.2 Å². The summed E-state index contributed by atoms with van der Waals surface area (Å²) in [5.74, 6) is -2.62.